The van der Waals surface area contributed by atoms with E-state index in [0.29, 0.717) is 6.17 Å². The minimum absolute atomic E-state index is 0.640. The lowest BCUT2D eigenvalue weighted by Crippen LogP contribution is -2.39. The fraction of sp³-hybridized carbons (Fsp3) is 0.950. The van der Waals surface area contributed by atoms with Crippen LogP contribution in [0.3, 0.4) is 0 Å². The van der Waals surface area contributed by atoms with Crippen molar-refractivity contribution in [3.05, 3.63) is 12.4 Å². The molecule has 1 aliphatic heterocycles. The summed E-state index contributed by atoms with van der Waals surface area (Å²) >= 11 is 0. The molecule has 0 radical (unpaired) electrons. The van der Waals surface area contributed by atoms with Gasteiger partial charge in [-0.1, -0.05) is 201 Å². The molecule has 1 atom stereocenters. The molecular formula is C40H80N2. The topological polar surface area (TPSA) is 6.48 Å². The van der Waals surface area contributed by atoms with E-state index in [9.17, 15) is 0 Å². The molecule has 0 aromatic heterocycles. The maximum absolute atomic E-state index is 2.70. The third kappa shape index (κ3) is 23.8. The summed E-state index contributed by atoms with van der Waals surface area (Å²) in [7, 11) is 0. The predicted octanol–water partition coefficient (Wildman–Crippen LogP) is 13.9. The van der Waals surface area contributed by atoms with Crippen molar-refractivity contribution in [3.63, 3.8) is 0 Å². The Kier molecular flexibility index (Phi) is 29.8. The van der Waals surface area contributed by atoms with Crippen LogP contribution in [0.4, 0.5) is 0 Å². The van der Waals surface area contributed by atoms with Gasteiger partial charge in [0.15, 0.2) is 0 Å². The first-order chi connectivity index (χ1) is 20.8. The monoisotopic (exact) mass is 589 g/mol. The van der Waals surface area contributed by atoms with Crippen LogP contribution in [0.5, 0.6) is 0 Å². The SMILES string of the molecule is CCCCCCCCCCCCCCCCCCN1C=CN(CCCCCCCCCCCCC)C1CCCCCC. The van der Waals surface area contributed by atoms with Gasteiger partial charge in [-0.3, -0.25) is 0 Å². The highest BCUT2D eigenvalue weighted by Gasteiger charge is 2.24. The van der Waals surface area contributed by atoms with Crippen LogP contribution in [0, 0.1) is 0 Å². The van der Waals surface area contributed by atoms with Gasteiger partial charge in [0.2, 0.25) is 0 Å². The average molecular weight is 589 g/mol. The van der Waals surface area contributed by atoms with Gasteiger partial charge in [-0.25, -0.2) is 0 Å². The zero-order valence-corrected chi connectivity index (χ0v) is 29.7. The summed E-state index contributed by atoms with van der Waals surface area (Å²) in [6.07, 6.45) is 51.4. The molecule has 0 amide bonds. The van der Waals surface area contributed by atoms with Crippen molar-refractivity contribution in [2.24, 2.45) is 0 Å². The fourth-order valence-corrected chi connectivity index (χ4v) is 6.89. The van der Waals surface area contributed by atoms with E-state index < -0.39 is 0 Å². The molecule has 0 fully saturated rings. The van der Waals surface area contributed by atoms with Crippen LogP contribution in [0.1, 0.15) is 226 Å². The van der Waals surface area contributed by atoms with Crippen LogP contribution >= 0.6 is 0 Å². The second-order valence-corrected chi connectivity index (χ2v) is 13.9. The normalized spacial score (nSPS) is 15.0. The second kappa shape index (κ2) is 31.8. The Morgan fingerprint density at radius 1 is 0.310 bits per heavy atom. The van der Waals surface area contributed by atoms with E-state index >= 15 is 0 Å². The molecule has 1 aliphatic rings. The first-order valence-electron chi connectivity index (χ1n) is 20.0. The van der Waals surface area contributed by atoms with E-state index in [1.54, 1.807) is 0 Å². The molecule has 0 saturated heterocycles. The molecule has 42 heavy (non-hydrogen) atoms. The molecule has 0 aromatic carbocycles. The molecule has 0 aromatic rings. The number of unbranched alkanes of at least 4 members (excludes halogenated alkanes) is 28. The summed E-state index contributed by atoms with van der Waals surface area (Å²) in [5.41, 5.74) is 0. The summed E-state index contributed by atoms with van der Waals surface area (Å²) < 4.78 is 0. The minimum atomic E-state index is 0.640. The largest absolute Gasteiger partial charge is 0.356 e. The fourth-order valence-electron chi connectivity index (χ4n) is 6.89. The number of hydrogen-bond acceptors (Lipinski definition) is 2. The molecule has 1 heterocycles. The highest BCUT2D eigenvalue weighted by atomic mass is 15.4. The van der Waals surface area contributed by atoms with Gasteiger partial charge < -0.3 is 9.80 Å². The summed E-state index contributed by atoms with van der Waals surface area (Å²) in [4.78, 5) is 5.40. The third-order valence-electron chi connectivity index (χ3n) is 9.82. The molecule has 2 heteroatoms. The van der Waals surface area contributed by atoms with Crippen LogP contribution in [0.2, 0.25) is 0 Å². The van der Waals surface area contributed by atoms with E-state index in [1.165, 1.54) is 219 Å². The Morgan fingerprint density at radius 2 is 0.548 bits per heavy atom. The minimum Gasteiger partial charge on any atom is -0.356 e. The molecule has 0 N–H and O–H groups in total. The van der Waals surface area contributed by atoms with Gasteiger partial charge in [-0.2, -0.15) is 0 Å². The van der Waals surface area contributed by atoms with E-state index in [4.69, 9.17) is 0 Å². The van der Waals surface area contributed by atoms with E-state index in [1.807, 2.05) is 0 Å². The van der Waals surface area contributed by atoms with Crippen LogP contribution in [0.25, 0.3) is 0 Å². The summed E-state index contributed by atoms with van der Waals surface area (Å²) in [6, 6.07) is 0. The van der Waals surface area contributed by atoms with Gasteiger partial charge >= 0.3 is 0 Å². The molecule has 0 saturated carbocycles. The quantitative estimate of drug-likeness (QED) is 0.0690. The van der Waals surface area contributed by atoms with Crippen molar-refractivity contribution in [2.75, 3.05) is 13.1 Å². The standard InChI is InChI=1S/C40H80N2/c1-4-7-10-13-15-17-19-20-21-22-23-25-27-29-31-34-37-42-39-38-41(40(42)35-32-12-9-6-3)36-33-30-28-26-24-18-16-14-11-8-5-2/h38-40H,4-37H2,1-3H3. The molecule has 250 valence electrons. The van der Waals surface area contributed by atoms with E-state index in [0.717, 1.165) is 0 Å². The van der Waals surface area contributed by atoms with Crippen LogP contribution < -0.4 is 0 Å². The molecule has 0 bridgehead atoms. The zero-order valence-electron chi connectivity index (χ0n) is 29.7. The summed E-state index contributed by atoms with van der Waals surface area (Å²) in [6.45, 7) is 9.49. The van der Waals surface area contributed by atoms with E-state index in [2.05, 4.69) is 43.0 Å². The third-order valence-corrected chi connectivity index (χ3v) is 9.82. The molecule has 0 aliphatic carbocycles. The highest BCUT2D eigenvalue weighted by molar-refractivity contribution is 4.97. The molecule has 0 spiro atoms. The predicted molar refractivity (Wildman–Crippen MR) is 191 cm³/mol. The van der Waals surface area contributed by atoms with E-state index in [-0.39, 0.29) is 0 Å². The van der Waals surface area contributed by atoms with Crippen molar-refractivity contribution in [3.8, 4) is 0 Å². The number of nitrogens with zero attached hydrogens (tertiary/aromatic N) is 2. The van der Waals surface area contributed by atoms with Gasteiger partial charge in [0.1, 0.15) is 6.17 Å². The maximum Gasteiger partial charge on any atom is 0.101 e. The lowest BCUT2D eigenvalue weighted by molar-refractivity contribution is 0.135. The summed E-state index contributed by atoms with van der Waals surface area (Å²) in [5, 5.41) is 0. The molecule has 1 rings (SSSR count). The first-order valence-corrected chi connectivity index (χ1v) is 20.0. The van der Waals surface area contributed by atoms with Crippen molar-refractivity contribution in [1.29, 1.82) is 0 Å². The van der Waals surface area contributed by atoms with Gasteiger partial charge in [0.05, 0.1) is 0 Å². The smallest absolute Gasteiger partial charge is 0.101 e. The van der Waals surface area contributed by atoms with Crippen LogP contribution in [-0.2, 0) is 0 Å². The van der Waals surface area contributed by atoms with Crippen molar-refractivity contribution in [2.45, 2.75) is 232 Å². The molecular weight excluding hydrogens is 508 g/mol. The Bertz CT molecular complexity index is 544. The maximum atomic E-state index is 2.70. The lowest BCUT2D eigenvalue weighted by Gasteiger charge is -2.33. The average Bonchev–Trinajstić information content (AvgIpc) is 3.38. The Morgan fingerprint density at radius 3 is 0.833 bits per heavy atom. The number of hydrogen-bond donors (Lipinski definition) is 0. The Balaban J connectivity index is 2.07. The van der Waals surface area contributed by atoms with Gasteiger partial charge in [-0.15, -0.1) is 0 Å². The number of rotatable bonds is 34. The Hall–Kier alpha value is -0.660. The highest BCUT2D eigenvalue weighted by Crippen LogP contribution is 2.24. The van der Waals surface area contributed by atoms with Crippen LogP contribution in [0.15, 0.2) is 12.4 Å². The molecule has 1 unspecified atom stereocenters. The summed E-state index contributed by atoms with van der Waals surface area (Å²) in [5.74, 6) is 0. The molecule has 2 nitrogen and oxygen atoms in total. The zero-order chi connectivity index (χ0) is 30.2. The van der Waals surface area contributed by atoms with Gasteiger partial charge in [-0.05, 0) is 25.7 Å². The Labute approximate surface area is 267 Å². The lowest BCUT2D eigenvalue weighted by atomic mass is 10.0. The van der Waals surface area contributed by atoms with Crippen molar-refractivity contribution < 1.29 is 0 Å². The van der Waals surface area contributed by atoms with Gasteiger partial charge in [0.25, 0.3) is 0 Å². The van der Waals surface area contributed by atoms with Crippen molar-refractivity contribution >= 4 is 0 Å². The van der Waals surface area contributed by atoms with Crippen molar-refractivity contribution in [1.82, 2.24) is 9.80 Å². The van der Waals surface area contributed by atoms with Gasteiger partial charge in [0, 0.05) is 25.5 Å². The van der Waals surface area contributed by atoms with Crippen LogP contribution in [-0.4, -0.2) is 29.1 Å². The first kappa shape index (κ1) is 39.4. The second-order valence-electron chi connectivity index (χ2n) is 13.9.